The lowest BCUT2D eigenvalue weighted by atomic mass is 9.97. The summed E-state index contributed by atoms with van der Waals surface area (Å²) in [6, 6.07) is 8.47. The minimum absolute atomic E-state index is 0.145. The maximum atomic E-state index is 12.0. The van der Waals surface area contributed by atoms with Gasteiger partial charge >= 0.3 is 0 Å². The van der Waals surface area contributed by atoms with E-state index in [1.165, 1.54) is 11.1 Å². The van der Waals surface area contributed by atoms with E-state index in [4.69, 9.17) is 0 Å². The predicted molar refractivity (Wildman–Crippen MR) is 77.4 cm³/mol. The Morgan fingerprint density at radius 2 is 2.30 bits per heavy atom. The average Bonchev–Trinajstić information content (AvgIpc) is 3.09. The van der Waals surface area contributed by atoms with Crippen molar-refractivity contribution in [2.45, 2.75) is 31.7 Å². The van der Waals surface area contributed by atoms with Gasteiger partial charge in [-0.15, -0.1) is 0 Å². The van der Waals surface area contributed by atoms with Crippen molar-refractivity contribution in [2.24, 2.45) is 0 Å². The summed E-state index contributed by atoms with van der Waals surface area (Å²) >= 11 is 0. The van der Waals surface area contributed by atoms with Gasteiger partial charge in [0.1, 0.15) is 0 Å². The minimum Gasteiger partial charge on any atom is -0.354 e. The van der Waals surface area contributed by atoms with Gasteiger partial charge in [-0.25, -0.2) is 4.98 Å². The largest absolute Gasteiger partial charge is 0.354 e. The molecule has 0 aliphatic heterocycles. The number of rotatable bonds is 5. The lowest BCUT2D eigenvalue weighted by Gasteiger charge is -2.12. The highest BCUT2D eigenvalue weighted by Crippen LogP contribution is 2.34. The van der Waals surface area contributed by atoms with Crippen LogP contribution >= 0.6 is 0 Å². The number of amides is 1. The molecular weight excluding hydrogens is 250 g/mol. The van der Waals surface area contributed by atoms with E-state index in [1.54, 1.807) is 12.5 Å². The first-order valence-corrected chi connectivity index (χ1v) is 7.13. The summed E-state index contributed by atoms with van der Waals surface area (Å²) in [6.45, 7) is 1.43. The van der Waals surface area contributed by atoms with Gasteiger partial charge in [0.25, 0.3) is 0 Å². The van der Waals surface area contributed by atoms with Crippen LogP contribution in [0.5, 0.6) is 0 Å². The van der Waals surface area contributed by atoms with Gasteiger partial charge in [0.05, 0.1) is 6.33 Å². The van der Waals surface area contributed by atoms with Crippen LogP contribution in [0, 0.1) is 0 Å². The number of benzene rings is 1. The Bertz CT molecular complexity index is 577. The Morgan fingerprint density at radius 1 is 1.40 bits per heavy atom. The zero-order chi connectivity index (χ0) is 13.8. The molecule has 1 atom stereocenters. The Labute approximate surface area is 118 Å². The van der Waals surface area contributed by atoms with E-state index in [0.717, 1.165) is 19.4 Å². The molecule has 1 aromatic heterocycles. The fourth-order valence-electron chi connectivity index (χ4n) is 2.90. The fourth-order valence-corrected chi connectivity index (χ4v) is 2.90. The molecule has 1 heterocycles. The normalized spacial score (nSPS) is 16.9. The van der Waals surface area contributed by atoms with Crippen LogP contribution in [0.1, 0.15) is 29.9 Å². The van der Waals surface area contributed by atoms with E-state index in [9.17, 15) is 4.79 Å². The van der Waals surface area contributed by atoms with Crippen molar-refractivity contribution < 1.29 is 4.79 Å². The SMILES string of the molecule is O=C(C[C@H]1CCc2ccccc21)NCCn1ccnc1. The summed E-state index contributed by atoms with van der Waals surface area (Å²) < 4.78 is 1.96. The fraction of sp³-hybridized carbons (Fsp3) is 0.375. The summed E-state index contributed by atoms with van der Waals surface area (Å²) in [6.07, 6.45) is 8.20. The Morgan fingerprint density at radius 3 is 3.15 bits per heavy atom. The zero-order valence-corrected chi connectivity index (χ0v) is 11.5. The monoisotopic (exact) mass is 269 g/mol. The molecule has 0 fully saturated rings. The number of nitrogens with zero attached hydrogens (tertiary/aromatic N) is 2. The number of hydrogen-bond acceptors (Lipinski definition) is 2. The number of nitrogens with one attached hydrogen (secondary N) is 1. The van der Waals surface area contributed by atoms with Crippen LogP contribution in [0.25, 0.3) is 0 Å². The van der Waals surface area contributed by atoms with Crippen LogP contribution in [-0.2, 0) is 17.8 Å². The molecule has 3 rings (SSSR count). The van der Waals surface area contributed by atoms with Crippen molar-refractivity contribution in [1.29, 1.82) is 0 Å². The molecule has 1 amide bonds. The summed E-state index contributed by atoms with van der Waals surface area (Å²) in [7, 11) is 0. The van der Waals surface area contributed by atoms with Crippen LogP contribution in [0.15, 0.2) is 43.0 Å². The number of carbonyl (C=O) groups is 1. The van der Waals surface area contributed by atoms with E-state index in [-0.39, 0.29) is 5.91 Å². The van der Waals surface area contributed by atoms with E-state index in [1.807, 2.05) is 10.8 Å². The molecule has 0 bridgehead atoms. The Balaban J connectivity index is 1.48. The summed E-state index contributed by atoms with van der Waals surface area (Å²) in [5, 5.41) is 2.99. The minimum atomic E-state index is 0.145. The molecular formula is C16H19N3O. The highest BCUT2D eigenvalue weighted by Gasteiger charge is 2.23. The summed E-state index contributed by atoms with van der Waals surface area (Å²) in [5.74, 6) is 0.534. The van der Waals surface area contributed by atoms with Gasteiger partial charge in [0.2, 0.25) is 5.91 Å². The molecule has 0 saturated carbocycles. The van der Waals surface area contributed by atoms with Crippen molar-refractivity contribution in [3.05, 3.63) is 54.1 Å². The highest BCUT2D eigenvalue weighted by atomic mass is 16.1. The standard InChI is InChI=1S/C16H19N3O/c20-16(18-8-10-19-9-7-17-12-19)11-14-6-5-13-3-1-2-4-15(13)14/h1-4,7,9,12,14H,5-6,8,10-11H2,(H,18,20)/t14-/m1/s1. The first kappa shape index (κ1) is 12.9. The quantitative estimate of drug-likeness (QED) is 0.903. The van der Waals surface area contributed by atoms with Gasteiger partial charge in [0.15, 0.2) is 0 Å². The van der Waals surface area contributed by atoms with Crippen molar-refractivity contribution >= 4 is 5.91 Å². The van der Waals surface area contributed by atoms with Crippen LogP contribution in [0.3, 0.4) is 0 Å². The number of aryl methyl sites for hydroxylation is 1. The first-order valence-electron chi connectivity index (χ1n) is 7.13. The average molecular weight is 269 g/mol. The molecule has 2 aromatic rings. The molecule has 1 aliphatic rings. The third-order valence-corrected chi connectivity index (χ3v) is 3.94. The van der Waals surface area contributed by atoms with Crippen LogP contribution in [-0.4, -0.2) is 22.0 Å². The smallest absolute Gasteiger partial charge is 0.220 e. The Kier molecular flexibility index (Phi) is 3.81. The van der Waals surface area contributed by atoms with Gasteiger partial charge in [-0.1, -0.05) is 24.3 Å². The van der Waals surface area contributed by atoms with Crippen molar-refractivity contribution in [3.8, 4) is 0 Å². The molecule has 0 saturated heterocycles. The second-order valence-corrected chi connectivity index (χ2v) is 5.29. The van der Waals surface area contributed by atoms with Gasteiger partial charge in [-0.3, -0.25) is 4.79 Å². The first-order chi connectivity index (χ1) is 9.83. The number of fused-ring (bicyclic) bond motifs is 1. The van der Waals surface area contributed by atoms with E-state index in [2.05, 4.69) is 34.6 Å². The number of hydrogen-bond donors (Lipinski definition) is 1. The maximum absolute atomic E-state index is 12.0. The molecule has 0 radical (unpaired) electrons. The molecule has 104 valence electrons. The summed E-state index contributed by atoms with van der Waals surface area (Å²) in [5.41, 5.74) is 2.76. The van der Waals surface area contributed by atoms with Gasteiger partial charge in [-0.05, 0) is 29.9 Å². The molecule has 1 aliphatic carbocycles. The van der Waals surface area contributed by atoms with Crippen LogP contribution in [0.4, 0.5) is 0 Å². The number of carbonyl (C=O) groups excluding carboxylic acids is 1. The predicted octanol–water partition coefficient (Wildman–Crippen LogP) is 2.12. The number of aromatic nitrogens is 2. The lowest BCUT2D eigenvalue weighted by molar-refractivity contribution is -0.121. The molecule has 0 unspecified atom stereocenters. The van der Waals surface area contributed by atoms with Crippen molar-refractivity contribution in [3.63, 3.8) is 0 Å². The second kappa shape index (κ2) is 5.90. The molecule has 20 heavy (non-hydrogen) atoms. The van der Waals surface area contributed by atoms with Gasteiger partial charge < -0.3 is 9.88 Å². The third-order valence-electron chi connectivity index (χ3n) is 3.94. The summed E-state index contributed by atoms with van der Waals surface area (Å²) in [4.78, 5) is 16.0. The lowest BCUT2D eigenvalue weighted by Crippen LogP contribution is -2.28. The highest BCUT2D eigenvalue weighted by molar-refractivity contribution is 5.77. The van der Waals surface area contributed by atoms with Gasteiger partial charge in [0, 0.05) is 31.9 Å². The second-order valence-electron chi connectivity index (χ2n) is 5.29. The van der Waals surface area contributed by atoms with Gasteiger partial charge in [-0.2, -0.15) is 0 Å². The van der Waals surface area contributed by atoms with E-state index < -0.39 is 0 Å². The Hall–Kier alpha value is -2.10. The molecule has 1 aromatic carbocycles. The zero-order valence-electron chi connectivity index (χ0n) is 11.5. The molecule has 1 N–H and O–H groups in total. The molecule has 4 heteroatoms. The van der Waals surface area contributed by atoms with Crippen molar-refractivity contribution in [2.75, 3.05) is 6.54 Å². The van der Waals surface area contributed by atoms with E-state index >= 15 is 0 Å². The van der Waals surface area contributed by atoms with Crippen molar-refractivity contribution in [1.82, 2.24) is 14.9 Å². The van der Waals surface area contributed by atoms with Crippen LogP contribution in [0.2, 0.25) is 0 Å². The third kappa shape index (κ3) is 2.90. The molecule has 4 nitrogen and oxygen atoms in total. The van der Waals surface area contributed by atoms with Crippen LogP contribution < -0.4 is 5.32 Å². The maximum Gasteiger partial charge on any atom is 0.220 e. The van der Waals surface area contributed by atoms with E-state index in [0.29, 0.717) is 18.9 Å². The molecule has 0 spiro atoms. The number of imidazole rings is 1. The topological polar surface area (TPSA) is 46.9 Å².